The molecule has 3 aromatic rings. The standard InChI is InChI=1S/C31H33N3O5/c1-30-14-15-31(39-30)25(24(30)27(36)32-19-20-8-3-2-4-9-20)29(38)34(16-7-17-35)26(31)28(37)33-23-13-12-21-10-5-6-11-22(21)18-23/h2-6,8-13,18,24-26,35H,7,14-17,19H2,1H3,(H,32,36)(H,33,37)/t24-,25+,26?,30+,31?/m1/s1. The first-order chi connectivity index (χ1) is 18.9. The van der Waals surface area contributed by atoms with E-state index in [1.54, 1.807) is 0 Å². The number of carbonyl (C=O) groups is 3. The Morgan fingerprint density at radius 1 is 1.00 bits per heavy atom. The molecule has 6 rings (SSSR count). The number of fused-ring (bicyclic) bond motifs is 2. The minimum atomic E-state index is -1.10. The number of amides is 3. The van der Waals surface area contributed by atoms with Crippen LogP contribution >= 0.6 is 0 Å². The Bertz CT molecular complexity index is 1430. The van der Waals surface area contributed by atoms with Crippen molar-refractivity contribution in [2.75, 3.05) is 18.5 Å². The molecular formula is C31H33N3O5. The van der Waals surface area contributed by atoms with Gasteiger partial charge in [-0.3, -0.25) is 14.4 Å². The summed E-state index contributed by atoms with van der Waals surface area (Å²) >= 11 is 0. The van der Waals surface area contributed by atoms with Gasteiger partial charge in [-0.15, -0.1) is 0 Å². The molecular weight excluding hydrogens is 494 g/mol. The number of carbonyl (C=O) groups excluding carboxylic acids is 3. The lowest BCUT2D eigenvalue weighted by Gasteiger charge is -2.33. The van der Waals surface area contributed by atoms with Gasteiger partial charge in [-0.05, 0) is 54.7 Å². The van der Waals surface area contributed by atoms with E-state index in [4.69, 9.17) is 4.74 Å². The van der Waals surface area contributed by atoms with Gasteiger partial charge in [0.15, 0.2) is 0 Å². The maximum absolute atomic E-state index is 14.0. The van der Waals surface area contributed by atoms with Crippen molar-refractivity contribution in [1.82, 2.24) is 10.2 Å². The van der Waals surface area contributed by atoms with Crippen LogP contribution in [0.15, 0.2) is 72.8 Å². The van der Waals surface area contributed by atoms with Gasteiger partial charge in [0, 0.05) is 25.4 Å². The van der Waals surface area contributed by atoms with Gasteiger partial charge < -0.3 is 25.4 Å². The summed E-state index contributed by atoms with van der Waals surface area (Å²) in [5.41, 5.74) is -0.350. The Labute approximate surface area is 227 Å². The van der Waals surface area contributed by atoms with E-state index in [2.05, 4.69) is 10.6 Å². The van der Waals surface area contributed by atoms with Gasteiger partial charge in [0.25, 0.3) is 0 Å². The molecule has 8 heteroatoms. The number of rotatable bonds is 8. The smallest absolute Gasteiger partial charge is 0.250 e. The molecule has 0 aromatic heterocycles. The molecule has 3 saturated heterocycles. The molecule has 3 heterocycles. The lowest BCUT2D eigenvalue weighted by atomic mass is 9.66. The molecule has 3 N–H and O–H groups in total. The van der Waals surface area contributed by atoms with Crippen molar-refractivity contribution in [1.29, 1.82) is 0 Å². The van der Waals surface area contributed by atoms with Crippen LogP contribution in [0.2, 0.25) is 0 Å². The van der Waals surface area contributed by atoms with Crippen LogP contribution in [0, 0.1) is 11.8 Å². The zero-order valence-electron chi connectivity index (χ0n) is 21.9. The number of benzene rings is 3. The Balaban J connectivity index is 1.30. The van der Waals surface area contributed by atoms with Crippen molar-refractivity contribution in [3.8, 4) is 0 Å². The molecule has 3 fully saturated rings. The highest BCUT2D eigenvalue weighted by atomic mass is 16.5. The minimum absolute atomic E-state index is 0.111. The number of ether oxygens (including phenoxy) is 1. The number of nitrogens with one attached hydrogen (secondary N) is 2. The fraction of sp³-hybridized carbons (Fsp3) is 0.387. The highest BCUT2D eigenvalue weighted by Crippen LogP contribution is 2.63. The molecule has 202 valence electrons. The van der Waals surface area contributed by atoms with E-state index in [1.807, 2.05) is 79.7 Å². The first-order valence-electron chi connectivity index (χ1n) is 13.6. The molecule has 0 saturated carbocycles. The summed E-state index contributed by atoms with van der Waals surface area (Å²) in [4.78, 5) is 43.0. The summed E-state index contributed by atoms with van der Waals surface area (Å²) in [6.45, 7) is 2.33. The van der Waals surface area contributed by atoms with Crippen molar-refractivity contribution in [2.24, 2.45) is 11.8 Å². The van der Waals surface area contributed by atoms with Crippen LogP contribution in [0.1, 0.15) is 31.7 Å². The second-order valence-corrected chi connectivity index (χ2v) is 11.1. The van der Waals surface area contributed by atoms with E-state index < -0.39 is 29.1 Å². The summed E-state index contributed by atoms with van der Waals surface area (Å²) < 4.78 is 6.63. The maximum atomic E-state index is 14.0. The van der Waals surface area contributed by atoms with Crippen molar-refractivity contribution in [3.63, 3.8) is 0 Å². The van der Waals surface area contributed by atoms with Crippen molar-refractivity contribution in [3.05, 3.63) is 78.4 Å². The summed E-state index contributed by atoms with van der Waals surface area (Å²) in [5, 5.41) is 17.6. The molecule has 0 aliphatic carbocycles. The lowest BCUT2D eigenvalue weighted by Crippen LogP contribution is -2.53. The first kappa shape index (κ1) is 25.5. The van der Waals surface area contributed by atoms with E-state index in [0.29, 0.717) is 31.5 Å². The molecule has 5 atom stereocenters. The van der Waals surface area contributed by atoms with E-state index >= 15 is 0 Å². The van der Waals surface area contributed by atoms with Crippen LogP contribution in [0.5, 0.6) is 0 Å². The molecule has 3 aliphatic heterocycles. The van der Waals surface area contributed by atoms with E-state index in [9.17, 15) is 19.5 Å². The van der Waals surface area contributed by atoms with E-state index in [1.165, 1.54) is 4.90 Å². The van der Waals surface area contributed by atoms with Crippen LogP contribution in [0.25, 0.3) is 10.8 Å². The van der Waals surface area contributed by atoms with Gasteiger partial charge in [0.2, 0.25) is 17.7 Å². The second-order valence-electron chi connectivity index (χ2n) is 11.1. The van der Waals surface area contributed by atoms with Crippen molar-refractivity contribution < 1.29 is 24.2 Å². The van der Waals surface area contributed by atoms with Crippen LogP contribution in [-0.4, -0.2) is 58.1 Å². The number of hydrogen-bond acceptors (Lipinski definition) is 5. The fourth-order valence-corrected chi connectivity index (χ4v) is 6.98. The maximum Gasteiger partial charge on any atom is 0.250 e. The molecule has 2 unspecified atom stereocenters. The van der Waals surface area contributed by atoms with Crippen molar-refractivity contribution >= 4 is 34.2 Å². The molecule has 8 nitrogen and oxygen atoms in total. The Morgan fingerprint density at radius 2 is 1.74 bits per heavy atom. The molecule has 0 radical (unpaired) electrons. The van der Waals surface area contributed by atoms with E-state index in [0.717, 1.165) is 16.3 Å². The predicted octanol–water partition coefficient (Wildman–Crippen LogP) is 3.24. The average molecular weight is 528 g/mol. The monoisotopic (exact) mass is 527 g/mol. The normalized spacial score (nSPS) is 29.0. The molecule has 39 heavy (non-hydrogen) atoms. The fourth-order valence-electron chi connectivity index (χ4n) is 6.98. The largest absolute Gasteiger partial charge is 0.396 e. The number of aliphatic hydroxyl groups excluding tert-OH is 1. The third kappa shape index (κ3) is 4.19. The Kier molecular flexibility index (Phi) is 6.40. The second kappa shape index (κ2) is 9.77. The predicted molar refractivity (Wildman–Crippen MR) is 147 cm³/mol. The third-order valence-electron chi connectivity index (χ3n) is 8.69. The van der Waals surface area contributed by atoms with Crippen molar-refractivity contribution in [2.45, 2.75) is 50.0 Å². The zero-order chi connectivity index (χ0) is 27.2. The molecule has 3 aromatic carbocycles. The summed E-state index contributed by atoms with van der Waals surface area (Å²) in [5.74, 6) is -2.31. The Morgan fingerprint density at radius 3 is 2.51 bits per heavy atom. The minimum Gasteiger partial charge on any atom is -0.396 e. The Hall–Kier alpha value is -3.75. The van der Waals surface area contributed by atoms with Gasteiger partial charge in [-0.1, -0.05) is 60.7 Å². The number of hydrogen-bond donors (Lipinski definition) is 3. The SMILES string of the molecule is C[C@@]12CCC3(O1)C(C(=O)Nc1ccc4ccccc4c1)N(CCCO)C(=O)[C@@H]3[C@@H]2C(=O)NCc1ccccc1. The van der Waals surface area contributed by atoms with Gasteiger partial charge in [0.1, 0.15) is 11.6 Å². The molecule has 1 spiro atoms. The first-order valence-corrected chi connectivity index (χ1v) is 13.6. The number of aliphatic hydroxyl groups is 1. The average Bonchev–Trinajstić information content (AvgIpc) is 3.51. The van der Waals surface area contributed by atoms with Crippen LogP contribution < -0.4 is 10.6 Å². The summed E-state index contributed by atoms with van der Waals surface area (Å²) in [7, 11) is 0. The quantitative estimate of drug-likeness (QED) is 0.417. The van der Waals surface area contributed by atoms with Gasteiger partial charge in [0.05, 0.1) is 17.4 Å². The summed E-state index contributed by atoms with van der Waals surface area (Å²) in [6, 6.07) is 22.3. The lowest BCUT2D eigenvalue weighted by molar-refractivity contribution is -0.144. The van der Waals surface area contributed by atoms with Gasteiger partial charge >= 0.3 is 0 Å². The van der Waals surface area contributed by atoms with E-state index in [-0.39, 0.29) is 30.9 Å². The van der Waals surface area contributed by atoms with Gasteiger partial charge in [-0.25, -0.2) is 0 Å². The molecule has 2 bridgehead atoms. The molecule has 3 amide bonds. The highest BCUT2D eigenvalue weighted by molar-refractivity contribution is 6.04. The van der Waals surface area contributed by atoms with Gasteiger partial charge in [-0.2, -0.15) is 0 Å². The number of nitrogens with zero attached hydrogens (tertiary/aromatic N) is 1. The van der Waals surface area contributed by atoms with Crippen LogP contribution in [0.3, 0.4) is 0 Å². The summed E-state index contributed by atoms with van der Waals surface area (Å²) in [6.07, 6.45) is 1.41. The number of anilines is 1. The number of likely N-dealkylation sites (tertiary alicyclic amines) is 1. The van der Waals surface area contributed by atoms with Crippen LogP contribution in [-0.2, 0) is 25.7 Å². The molecule has 3 aliphatic rings. The third-order valence-corrected chi connectivity index (χ3v) is 8.69. The zero-order valence-corrected chi connectivity index (χ0v) is 21.9. The van der Waals surface area contributed by atoms with Crippen LogP contribution in [0.4, 0.5) is 5.69 Å². The highest BCUT2D eigenvalue weighted by Gasteiger charge is 2.77. The topological polar surface area (TPSA) is 108 Å².